The lowest BCUT2D eigenvalue weighted by molar-refractivity contribution is -0.175. The summed E-state index contributed by atoms with van der Waals surface area (Å²) in [5, 5.41) is 33.8. The first-order valence-corrected chi connectivity index (χ1v) is 12.6. The number of aliphatic hydroxyl groups excluding tert-OH is 1. The number of fused-ring (bicyclic) bond motifs is 4. The normalized spacial score (nSPS) is 28.1. The van der Waals surface area contributed by atoms with Gasteiger partial charge in [0.1, 0.15) is 23.0 Å². The number of phenols is 1. The van der Waals surface area contributed by atoms with Crippen molar-refractivity contribution in [3.63, 3.8) is 0 Å². The minimum atomic E-state index is -2.78. The van der Waals surface area contributed by atoms with Crippen molar-refractivity contribution in [2.75, 3.05) is 14.1 Å². The number of likely N-dealkylation sites (N-methyl/N-ethyl adjacent to an activating group) is 1. The van der Waals surface area contributed by atoms with Gasteiger partial charge in [0.05, 0.1) is 17.3 Å². The first kappa shape index (κ1) is 25.8. The van der Waals surface area contributed by atoms with Crippen LogP contribution in [0.25, 0.3) is 22.7 Å². The maximum absolute atomic E-state index is 13.9. The molecule has 0 aliphatic heterocycles. The highest BCUT2D eigenvalue weighted by molar-refractivity contribution is 6.32. The van der Waals surface area contributed by atoms with Crippen LogP contribution in [0.4, 0.5) is 4.39 Å². The first-order chi connectivity index (χ1) is 18.9. The summed E-state index contributed by atoms with van der Waals surface area (Å²) in [6.45, 7) is 0. The van der Waals surface area contributed by atoms with Crippen LogP contribution in [0, 0.1) is 23.6 Å². The van der Waals surface area contributed by atoms with Crippen LogP contribution in [-0.4, -0.2) is 78.6 Å². The monoisotopic (exact) mass is 548 g/mol. The number of primary amides is 1. The van der Waals surface area contributed by atoms with E-state index in [-0.39, 0.29) is 29.7 Å². The molecule has 2 fully saturated rings. The Morgan fingerprint density at radius 1 is 1.15 bits per heavy atom. The van der Waals surface area contributed by atoms with E-state index in [4.69, 9.17) is 5.73 Å². The summed E-state index contributed by atoms with van der Waals surface area (Å²) in [4.78, 5) is 58.5. The highest BCUT2D eigenvalue weighted by atomic mass is 19.1. The van der Waals surface area contributed by atoms with E-state index in [0.717, 1.165) is 0 Å². The van der Waals surface area contributed by atoms with Gasteiger partial charge in [0.25, 0.3) is 0 Å². The second kappa shape index (κ2) is 8.54. The van der Waals surface area contributed by atoms with Gasteiger partial charge >= 0.3 is 0 Å². The molecule has 0 saturated heterocycles. The Morgan fingerprint density at radius 3 is 2.55 bits per heavy atom. The van der Waals surface area contributed by atoms with Gasteiger partial charge in [0, 0.05) is 29.4 Å². The summed E-state index contributed by atoms with van der Waals surface area (Å²) in [6.07, 6.45) is 2.89. The summed E-state index contributed by atoms with van der Waals surface area (Å²) in [5.74, 6) is -9.90. The molecule has 12 heteroatoms. The molecule has 206 valence electrons. The van der Waals surface area contributed by atoms with Crippen molar-refractivity contribution in [2.45, 2.75) is 24.5 Å². The van der Waals surface area contributed by atoms with Crippen LogP contribution < -0.4 is 5.73 Å². The molecule has 2 aromatic heterocycles. The molecule has 11 nitrogen and oxygen atoms in total. The van der Waals surface area contributed by atoms with Crippen molar-refractivity contribution in [1.29, 1.82) is 0 Å². The third-order valence-corrected chi connectivity index (χ3v) is 8.43. The number of nitrogens with zero attached hydrogens (tertiary/aromatic N) is 3. The zero-order valence-electron chi connectivity index (χ0n) is 21.5. The molecule has 3 aliphatic rings. The Kier molecular flexibility index (Phi) is 5.51. The van der Waals surface area contributed by atoms with Crippen molar-refractivity contribution in [2.24, 2.45) is 23.5 Å². The highest BCUT2D eigenvalue weighted by Crippen LogP contribution is 2.52. The number of carbonyl (C=O) groups excluding carboxylic acids is 4. The van der Waals surface area contributed by atoms with Crippen molar-refractivity contribution < 1.29 is 38.9 Å². The average molecular weight is 549 g/mol. The number of aromatic nitrogens is 2. The lowest BCUT2D eigenvalue weighted by atomic mass is 9.54. The number of ketones is 3. The van der Waals surface area contributed by atoms with Gasteiger partial charge in [0.15, 0.2) is 23.1 Å². The second-order valence-electron chi connectivity index (χ2n) is 10.8. The van der Waals surface area contributed by atoms with Gasteiger partial charge in [0.2, 0.25) is 11.7 Å². The zero-order valence-corrected chi connectivity index (χ0v) is 21.5. The van der Waals surface area contributed by atoms with E-state index in [9.17, 15) is 38.9 Å². The SMILES string of the molecule is CN(C)[C@@H]1C(=O)C(C(N)=O)C(=O)[C@@]2(O)C(=O)C3=C(O)c4c(O)ccc(-c5cn6cc(F)ccc6n5)c4C[C@H]3C[C@@H]12. The number of carbonyl (C=O) groups is 4. The number of benzene rings is 1. The van der Waals surface area contributed by atoms with E-state index in [1.807, 2.05) is 0 Å². The number of nitrogens with two attached hydrogens (primary N) is 1. The van der Waals surface area contributed by atoms with Crippen LogP contribution in [0.1, 0.15) is 17.5 Å². The van der Waals surface area contributed by atoms with Crippen LogP contribution in [-0.2, 0) is 25.6 Å². The Labute approximate surface area is 226 Å². The Morgan fingerprint density at radius 2 is 1.88 bits per heavy atom. The van der Waals surface area contributed by atoms with Gasteiger partial charge in [-0.25, -0.2) is 9.37 Å². The van der Waals surface area contributed by atoms with Crippen molar-refractivity contribution >= 4 is 34.7 Å². The summed E-state index contributed by atoms with van der Waals surface area (Å²) in [5.41, 5.74) is 4.10. The summed E-state index contributed by atoms with van der Waals surface area (Å²) >= 11 is 0. The molecule has 2 heterocycles. The number of aromatic hydroxyl groups is 1. The van der Waals surface area contributed by atoms with Crippen LogP contribution >= 0.6 is 0 Å². The van der Waals surface area contributed by atoms with Crippen LogP contribution in [0.15, 0.2) is 42.2 Å². The van der Waals surface area contributed by atoms with Gasteiger partial charge in [-0.2, -0.15) is 0 Å². The average Bonchev–Trinajstić information content (AvgIpc) is 3.28. The molecule has 1 unspecified atom stereocenters. The second-order valence-corrected chi connectivity index (χ2v) is 10.8. The van der Waals surface area contributed by atoms with Gasteiger partial charge < -0.3 is 25.5 Å². The number of rotatable bonds is 3. The van der Waals surface area contributed by atoms with Crippen LogP contribution in [0.5, 0.6) is 5.75 Å². The smallest absolute Gasteiger partial charge is 0.235 e. The third kappa shape index (κ3) is 3.32. The molecular formula is C28H25FN4O7. The highest BCUT2D eigenvalue weighted by Gasteiger charge is 2.67. The Hall–Kier alpha value is -4.42. The molecule has 5 N–H and O–H groups in total. The standard InChI is InChI=1S/C28H25FN4O7/c1-32(2)22-15-8-11-7-14-13(16-10-33-9-12(29)3-6-18(33)31-16)4-5-17(34)20(14)23(35)19(11)25(37)28(15,40)26(38)21(24(22)36)27(30)39/h3-6,9-11,15,21-22,34-35,40H,7-8H2,1-2H3,(H2,30,39)/t11-,15-,21?,22-,28-/m0/s1. The Balaban J connectivity index is 1.53. The van der Waals surface area contributed by atoms with E-state index < -0.39 is 64.2 Å². The maximum atomic E-state index is 13.9. The maximum Gasteiger partial charge on any atom is 0.235 e. The van der Waals surface area contributed by atoms with Crippen molar-refractivity contribution in [3.8, 4) is 17.0 Å². The number of hydrogen-bond donors (Lipinski definition) is 4. The number of hydrogen-bond acceptors (Lipinski definition) is 9. The Bertz CT molecular complexity index is 1710. The molecule has 3 aromatic rings. The number of aliphatic hydroxyl groups is 2. The molecule has 40 heavy (non-hydrogen) atoms. The minimum absolute atomic E-state index is 0.0572. The third-order valence-electron chi connectivity index (χ3n) is 8.43. The van der Waals surface area contributed by atoms with E-state index in [1.165, 1.54) is 47.8 Å². The summed E-state index contributed by atoms with van der Waals surface area (Å²) in [6, 6.07) is 4.51. The van der Waals surface area contributed by atoms with E-state index in [0.29, 0.717) is 22.5 Å². The molecule has 1 aromatic carbocycles. The largest absolute Gasteiger partial charge is 0.507 e. The zero-order chi connectivity index (χ0) is 28.8. The first-order valence-electron chi connectivity index (χ1n) is 12.6. The van der Waals surface area contributed by atoms with Gasteiger partial charge in [-0.1, -0.05) is 0 Å². The predicted molar refractivity (Wildman–Crippen MR) is 137 cm³/mol. The summed E-state index contributed by atoms with van der Waals surface area (Å²) in [7, 11) is 3.06. The quantitative estimate of drug-likeness (QED) is 0.345. The van der Waals surface area contributed by atoms with Gasteiger partial charge in [-0.05, 0) is 62.7 Å². The topological polar surface area (TPSA) is 176 Å². The lowest BCUT2D eigenvalue weighted by Crippen LogP contribution is -2.72. The minimum Gasteiger partial charge on any atom is -0.507 e. The van der Waals surface area contributed by atoms with Crippen LogP contribution in [0.2, 0.25) is 0 Å². The predicted octanol–water partition coefficient (Wildman–Crippen LogP) is 0.791. The fourth-order valence-electron chi connectivity index (χ4n) is 6.72. The number of imidazole rings is 1. The van der Waals surface area contributed by atoms with Crippen molar-refractivity contribution in [3.05, 3.63) is 59.2 Å². The fourth-order valence-corrected chi connectivity index (χ4v) is 6.72. The fraction of sp³-hybridized carbons (Fsp3) is 0.321. The number of Topliss-reactive ketones (excluding diaryl/α,β-unsaturated/α-hetero) is 3. The number of amides is 1. The molecule has 5 atom stereocenters. The van der Waals surface area contributed by atoms with E-state index in [2.05, 4.69) is 4.98 Å². The summed E-state index contributed by atoms with van der Waals surface area (Å²) < 4.78 is 15.3. The van der Waals surface area contributed by atoms with Crippen molar-refractivity contribution in [1.82, 2.24) is 14.3 Å². The van der Waals surface area contributed by atoms with Crippen LogP contribution in [0.3, 0.4) is 0 Å². The van der Waals surface area contributed by atoms with Gasteiger partial charge in [-0.3, -0.25) is 24.1 Å². The number of phenolic OH excluding ortho intramolecular Hbond substituents is 1. The number of halogens is 1. The van der Waals surface area contributed by atoms with Gasteiger partial charge in [-0.15, -0.1) is 0 Å². The molecular weight excluding hydrogens is 523 g/mol. The van der Waals surface area contributed by atoms with E-state index >= 15 is 0 Å². The molecule has 0 spiro atoms. The lowest BCUT2D eigenvalue weighted by Gasteiger charge is -2.51. The molecule has 1 amide bonds. The molecule has 0 bridgehead atoms. The molecule has 6 rings (SSSR count). The number of pyridine rings is 1. The molecule has 3 aliphatic carbocycles. The molecule has 0 radical (unpaired) electrons. The molecule has 2 saturated carbocycles. The van der Waals surface area contributed by atoms with E-state index in [1.54, 1.807) is 12.3 Å².